The molecule has 0 saturated carbocycles. The summed E-state index contributed by atoms with van der Waals surface area (Å²) in [6.45, 7) is 8.91. The maximum absolute atomic E-state index is 12.8. The molecule has 2 aromatic rings. The average molecular weight is 359 g/mol. The van der Waals surface area contributed by atoms with Crippen molar-refractivity contribution in [2.45, 2.75) is 46.0 Å². The first-order valence-electron chi connectivity index (χ1n) is 8.93. The Morgan fingerprint density at radius 1 is 1.27 bits per heavy atom. The second kappa shape index (κ2) is 8.25. The normalized spacial score (nSPS) is 11.3. The summed E-state index contributed by atoms with van der Waals surface area (Å²) in [7, 11) is 3.36. The maximum atomic E-state index is 12.8. The van der Waals surface area contributed by atoms with Gasteiger partial charge in [-0.15, -0.1) is 0 Å². The molecule has 0 bridgehead atoms. The lowest BCUT2D eigenvalue weighted by Crippen LogP contribution is -2.17. The van der Waals surface area contributed by atoms with Crippen molar-refractivity contribution in [2.24, 2.45) is 7.05 Å². The van der Waals surface area contributed by atoms with E-state index in [4.69, 9.17) is 9.47 Å². The zero-order chi connectivity index (χ0) is 19.3. The molecule has 0 aliphatic rings. The van der Waals surface area contributed by atoms with Crippen LogP contribution in [0.3, 0.4) is 0 Å². The number of carbonyl (C=O) groups is 1. The average Bonchev–Trinajstić information content (AvgIpc) is 2.98. The summed E-state index contributed by atoms with van der Waals surface area (Å²) in [5.41, 5.74) is 1.83. The second-order valence-electron chi connectivity index (χ2n) is 7.31. The van der Waals surface area contributed by atoms with Gasteiger partial charge in [0, 0.05) is 18.5 Å². The van der Waals surface area contributed by atoms with Crippen molar-refractivity contribution >= 4 is 11.6 Å². The molecule has 142 valence electrons. The van der Waals surface area contributed by atoms with Crippen molar-refractivity contribution in [2.75, 3.05) is 19.0 Å². The lowest BCUT2D eigenvalue weighted by Gasteiger charge is -2.14. The van der Waals surface area contributed by atoms with Gasteiger partial charge in [-0.25, -0.2) is 0 Å². The second-order valence-corrected chi connectivity index (χ2v) is 7.31. The Bertz CT molecular complexity index is 760. The number of hydrogen-bond donors (Lipinski definition) is 1. The van der Waals surface area contributed by atoms with Gasteiger partial charge >= 0.3 is 0 Å². The van der Waals surface area contributed by atoms with Gasteiger partial charge in [0.15, 0.2) is 0 Å². The van der Waals surface area contributed by atoms with E-state index in [2.05, 4.69) is 38.1 Å². The van der Waals surface area contributed by atoms with E-state index in [0.717, 1.165) is 18.5 Å². The minimum Gasteiger partial charge on any atom is -0.497 e. The number of rotatable bonds is 7. The molecule has 26 heavy (non-hydrogen) atoms. The zero-order valence-corrected chi connectivity index (χ0v) is 16.5. The number of benzene rings is 1. The Morgan fingerprint density at radius 2 is 2.00 bits per heavy atom. The van der Waals surface area contributed by atoms with Gasteiger partial charge < -0.3 is 14.8 Å². The zero-order valence-electron chi connectivity index (χ0n) is 16.5. The quantitative estimate of drug-likeness (QED) is 0.754. The van der Waals surface area contributed by atoms with Gasteiger partial charge in [0.2, 0.25) is 0 Å². The molecule has 0 saturated heterocycles. The Labute approximate surface area is 155 Å². The lowest BCUT2D eigenvalue weighted by atomic mass is 9.92. The highest BCUT2D eigenvalue weighted by Crippen LogP contribution is 2.30. The molecule has 0 unspecified atom stereocenters. The van der Waals surface area contributed by atoms with Crippen molar-refractivity contribution in [3.8, 4) is 11.5 Å². The number of nitrogens with one attached hydrogen (secondary N) is 1. The molecule has 0 radical (unpaired) electrons. The summed E-state index contributed by atoms with van der Waals surface area (Å²) in [6, 6.07) is 7.22. The molecule has 1 aromatic carbocycles. The van der Waals surface area contributed by atoms with E-state index >= 15 is 0 Å². The van der Waals surface area contributed by atoms with Gasteiger partial charge in [-0.2, -0.15) is 5.10 Å². The number of methoxy groups -OCH3 is 1. The molecule has 0 aliphatic carbocycles. The van der Waals surface area contributed by atoms with Crippen LogP contribution in [0.2, 0.25) is 0 Å². The molecule has 1 heterocycles. The maximum Gasteiger partial charge on any atom is 0.274 e. The van der Waals surface area contributed by atoms with Crippen molar-refractivity contribution in [1.29, 1.82) is 0 Å². The van der Waals surface area contributed by atoms with Crippen LogP contribution < -0.4 is 14.8 Å². The van der Waals surface area contributed by atoms with Crippen LogP contribution >= 0.6 is 0 Å². The standard InChI is InChI=1S/C20H29N3O3/c1-7-8-11-26-17-10-9-14(25-6)12-15(17)21-19(24)16-13-18(20(2,3)4)22-23(16)5/h9-10,12-13H,7-8,11H2,1-6H3,(H,21,24). The first-order chi connectivity index (χ1) is 12.3. The molecule has 0 atom stereocenters. The van der Waals surface area contributed by atoms with Gasteiger partial charge in [0.1, 0.15) is 17.2 Å². The lowest BCUT2D eigenvalue weighted by molar-refractivity contribution is 0.101. The number of amides is 1. The number of ether oxygens (including phenoxy) is 2. The van der Waals surface area contributed by atoms with Crippen LogP contribution in [0, 0.1) is 0 Å². The fourth-order valence-electron chi connectivity index (χ4n) is 2.42. The van der Waals surface area contributed by atoms with E-state index in [1.54, 1.807) is 24.9 Å². The molecule has 1 amide bonds. The Balaban J connectivity index is 2.26. The van der Waals surface area contributed by atoms with Crippen LogP contribution in [-0.2, 0) is 12.5 Å². The third kappa shape index (κ3) is 4.77. The summed E-state index contributed by atoms with van der Waals surface area (Å²) in [4.78, 5) is 12.8. The number of nitrogens with zero attached hydrogens (tertiary/aromatic N) is 2. The molecule has 0 fully saturated rings. The molecule has 2 rings (SSSR count). The number of aromatic nitrogens is 2. The predicted octanol–water partition coefficient (Wildman–Crippen LogP) is 4.16. The highest BCUT2D eigenvalue weighted by Gasteiger charge is 2.22. The van der Waals surface area contributed by atoms with Crippen LogP contribution in [0.5, 0.6) is 11.5 Å². The van der Waals surface area contributed by atoms with E-state index in [0.29, 0.717) is 29.5 Å². The van der Waals surface area contributed by atoms with E-state index in [-0.39, 0.29) is 11.3 Å². The number of carbonyl (C=O) groups excluding carboxylic acids is 1. The van der Waals surface area contributed by atoms with E-state index in [1.165, 1.54) is 0 Å². The van der Waals surface area contributed by atoms with Crippen LogP contribution in [0.25, 0.3) is 0 Å². The summed E-state index contributed by atoms with van der Waals surface area (Å²) < 4.78 is 12.7. The molecule has 0 aliphatic heterocycles. The third-order valence-electron chi connectivity index (χ3n) is 4.07. The topological polar surface area (TPSA) is 65.4 Å². The number of hydrogen-bond acceptors (Lipinski definition) is 4. The van der Waals surface area contributed by atoms with Crippen LogP contribution in [0.15, 0.2) is 24.3 Å². The van der Waals surface area contributed by atoms with E-state index in [1.807, 2.05) is 18.2 Å². The van der Waals surface area contributed by atoms with E-state index < -0.39 is 0 Å². The van der Waals surface area contributed by atoms with E-state index in [9.17, 15) is 4.79 Å². The van der Waals surface area contributed by atoms with Gasteiger partial charge in [-0.05, 0) is 24.6 Å². The third-order valence-corrected chi connectivity index (χ3v) is 4.07. The number of anilines is 1. The fraction of sp³-hybridized carbons (Fsp3) is 0.500. The summed E-state index contributed by atoms with van der Waals surface area (Å²) in [5.74, 6) is 1.05. The minimum atomic E-state index is -0.232. The fourth-order valence-corrected chi connectivity index (χ4v) is 2.42. The number of aryl methyl sites for hydroxylation is 1. The molecule has 6 heteroatoms. The monoisotopic (exact) mass is 359 g/mol. The van der Waals surface area contributed by atoms with Crippen LogP contribution in [-0.4, -0.2) is 29.4 Å². The van der Waals surface area contributed by atoms with Crippen LogP contribution in [0.1, 0.15) is 56.7 Å². The highest BCUT2D eigenvalue weighted by atomic mass is 16.5. The molecular formula is C20H29N3O3. The van der Waals surface area contributed by atoms with Crippen molar-refractivity contribution in [3.63, 3.8) is 0 Å². The van der Waals surface area contributed by atoms with Gasteiger partial charge in [0.05, 0.1) is 25.1 Å². The first-order valence-corrected chi connectivity index (χ1v) is 8.93. The molecule has 1 N–H and O–H groups in total. The predicted molar refractivity (Wildman–Crippen MR) is 103 cm³/mol. The van der Waals surface area contributed by atoms with Crippen molar-refractivity contribution in [3.05, 3.63) is 35.7 Å². The van der Waals surface area contributed by atoms with Gasteiger partial charge in [0.25, 0.3) is 5.91 Å². The molecule has 6 nitrogen and oxygen atoms in total. The number of unbranched alkanes of at least 4 members (excludes halogenated alkanes) is 1. The van der Waals surface area contributed by atoms with Gasteiger partial charge in [-0.3, -0.25) is 9.48 Å². The smallest absolute Gasteiger partial charge is 0.274 e. The highest BCUT2D eigenvalue weighted by molar-refractivity contribution is 6.04. The van der Waals surface area contributed by atoms with Crippen molar-refractivity contribution in [1.82, 2.24) is 9.78 Å². The molecular weight excluding hydrogens is 330 g/mol. The summed E-state index contributed by atoms with van der Waals surface area (Å²) >= 11 is 0. The van der Waals surface area contributed by atoms with Crippen molar-refractivity contribution < 1.29 is 14.3 Å². The molecule has 1 aromatic heterocycles. The molecule has 0 spiro atoms. The Hall–Kier alpha value is -2.50. The summed E-state index contributed by atoms with van der Waals surface area (Å²) in [6.07, 6.45) is 2.00. The summed E-state index contributed by atoms with van der Waals surface area (Å²) in [5, 5.41) is 7.39. The SMILES string of the molecule is CCCCOc1ccc(OC)cc1NC(=O)c1cc(C(C)(C)C)nn1C. The first kappa shape index (κ1) is 19.8. The minimum absolute atomic E-state index is 0.124. The largest absolute Gasteiger partial charge is 0.497 e. The Morgan fingerprint density at radius 3 is 2.58 bits per heavy atom. The Kier molecular flexibility index (Phi) is 6.29. The van der Waals surface area contributed by atoms with Crippen LogP contribution in [0.4, 0.5) is 5.69 Å². The van der Waals surface area contributed by atoms with Gasteiger partial charge in [-0.1, -0.05) is 34.1 Å².